The number of hydrogen-bond acceptors (Lipinski definition) is 3. The van der Waals surface area contributed by atoms with Crippen LogP contribution in [0.25, 0.3) is 0 Å². The predicted octanol–water partition coefficient (Wildman–Crippen LogP) is 1.97. The fraction of sp³-hybridized carbons (Fsp3) is 1.00. The van der Waals surface area contributed by atoms with Gasteiger partial charge in [-0.25, -0.2) is 0 Å². The third-order valence-electron chi connectivity index (χ3n) is 3.15. The van der Waals surface area contributed by atoms with Gasteiger partial charge in [-0.2, -0.15) is 13.2 Å². The number of rotatable bonds is 6. The standard InChI is InChI=1S/C11H20F3NO2/c1-15-8-10(2-5-16-6-3-10)4-7-17-9-11(12,13)14/h15H,2-9H2,1H3. The maximum absolute atomic E-state index is 11.9. The first-order valence-corrected chi connectivity index (χ1v) is 5.84. The van der Waals surface area contributed by atoms with Crippen LogP contribution in [0.15, 0.2) is 0 Å². The van der Waals surface area contributed by atoms with E-state index in [-0.39, 0.29) is 12.0 Å². The van der Waals surface area contributed by atoms with Crippen molar-refractivity contribution in [3.8, 4) is 0 Å². The average Bonchev–Trinajstić information content (AvgIpc) is 2.25. The van der Waals surface area contributed by atoms with Gasteiger partial charge in [0.15, 0.2) is 0 Å². The van der Waals surface area contributed by atoms with Gasteiger partial charge in [0.25, 0.3) is 0 Å². The van der Waals surface area contributed by atoms with E-state index in [1.807, 2.05) is 7.05 Å². The molecule has 0 atom stereocenters. The molecule has 1 fully saturated rings. The molecule has 0 unspecified atom stereocenters. The lowest BCUT2D eigenvalue weighted by Crippen LogP contribution is -2.39. The molecule has 1 saturated heterocycles. The van der Waals surface area contributed by atoms with Crippen LogP contribution < -0.4 is 5.32 Å². The molecule has 0 aromatic carbocycles. The fourth-order valence-corrected chi connectivity index (χ4v) is 2.17. The SMILES string of the molecule is CNCC1(CCOCC(F)(F)F)CCOCC1. The summed E-state index contributed by atoms with van der Waals surface area (Å²) in [5, 5.41) is 3.10. The molecule has 0 amide bonds. The van der Waals surface area contributed by atoms with Gasteiger partial charge in [-0.3, -0.25) is 0 Å². The lowest BCUT2D eigenvalue weighted by molar-refractivity contribution is -0.176. The van der Waals surface area contributed by atoms with Crippen LogP contribution in [0.2, 0.25) is 0 Å². The van der Waals surface area contributed by atoms with Crippen molar-refractivity contribution in [2.75, 3.05) is 40.0 Å². The van der Waals surface area contributed by atoms with Crippen LogP contribution in [0.5, 0.6) is 0 Å². The largest absolute Gasteiger partial charge is 0.411 e. The number of nitrogens with one attached hydrogen (secondary N) is 1. The minimum absolute atomic E-state index is 0.0264. The first-order chi connectivity index (χ1) is 7.97. The van der Waals surface area contributed by atoms with E-state index in [9.17, 15) is 13.2 Å². The second kappa shape index (κ2) is 6.56. The Morgan fingerprint density at radius 3 is 2.47 bits per heavy atom. The number of alkyl halides is 3. The minimum atomic E-state index is -4.23. The summed E-state index contributed by atoms with van der Waals surface area (Å²) >= 11 is 0. The first kappa shape index (κ1) is 14.7. The molecular formula is C11H20F3NO2. The molecule has 0 aromatic rings. The van der Waals surface area contributed by atoms with E-state index in [0.717, 1.165) is 19.4 Å². The van der Waals surface area contributed by atoms with E-state index in [2.05, 4.69) is 10.1 Å². The average molecular weight is 255 g/mol. The van der Waals surface area contributed by atoms with E-state index >= 15 is 0 Å². The molecule has 0 aliphatic carbocycles. The van der Waals surface area contributed by atoms with Crippen LogP contribution in [0.3, 0.4) is 0 Å². The zero-order valence-electron chi connectivity index (χ0n) is 10.1. The molecule has 0 bridgehead atoms. The lowest BCUT2D eigenvalue weighted by Gasteiger charge is -2.37. The number of ether oxygens (including phenoxy) is 2. The van der Waals surface area contributed by atoms with Gasteiger partial charge in [0.1, 0.15) is 6.61 Å². The molecule has 0 aromatic heterocycles. The van der Waals surface area contributed by atoms with Crippen molar-refractivity contribution in [3.63, 3.8) is 0 Å². The van der Waals surface area contributed by atoms with Gasteiger partial charge in [0.05, 0.1) is 0 Å². The molecule has 1 aliphatic rings. The van der Waals surface area contributed by atoms with E-state index in [0.29, 0.717) is 19.6 Å². The maximum Gasteiger partial charge on any atom is 0.411 e. The Kier molecular flexibility index (Phi) is 5.69. The van der Waals surface area contributed by atoms with Crippen molar-refractivity contribution in [3.05, 3.63) is 0 Å². The third kappa shape index (κ3) is 5.70. The highest BCUT2D eigenvalue weighted by atomic mass is 19.4. The van der Waals surface area contributed by atoms with Gasteiger partial charge in [0.2, 0.25) is 0 Å². The molecule has 17 heavy (non-hydrogen) atoms. The Hall–Kier alpha value is -0.330. The second-order valence-electron chi connectivity index (χ2n) is 4.56. The Labute approximate surface area is 99.7 Å². The van der Waals surface area contributed by atoms with Crippen molar-refractivity contribution < 1.29 is 22.6 Å². The molecule has 1 aliphatic heterocycles. The normalized spacial score (nSPS) is 20.5. The number of hydrogen-bond donors (Lipinski definition) is 1. The quantitative estimate of drug-likeness (QED) is 0.736. The molecule has 0 saturated carbocycles. The van der Waals surface area contributed by atoms with Gasteiger partial charge in [0, 0.05) is 26.4 Å². The zero-order valence-corrected chi connectivity index (χ0v) is 10.1. The Morgan fingerprint density at radius 2 is 1.94 bits per heavy atom. The topological polar surface area (TPSA) is 30.5 Å². The molecule has 102 valence electrons. The highest BCUT2D eigenvalue weighted by Crippen LogP contribution is 2.33. The van der Waals surface area contributed by atoms with Crippen molar-refractivity contribution in [1.29, 1.82) is 0 Å². The van der Waals surface area contributed by atoms with Crippen LogP contribution in [0.1, 0.15) is 19.3 Å². The molecule has 0 radical (unpaired) electrons. The molecule has 1 heterocycles. The van der Waals surface area contributed by atoms with Crippen LogP contribution >= 0.6 is 0 Å². The molecule has 1 rings (SSSR count). The van der Waals surface area contributed by atoms with Gasteiger partial charge >= 0.3 is 6.18 Å². The fourth-order valence-electron chi connectivity index (χ4n) is 2.17. The smallest absolute Gasteiger partial charge is 0.381 e. The summed E-state index contributed by atoms with van der Waals surface area (Å²) < 4.78 is 45.7. The van der Waals surface area contributed by atoms with Crippen molar-refractivity contribution in [1.82, 2.24) is 5.32 Å². The maximum atomic E-state index is 11.9. The highest BCUT2D eigenvalue weighted by molar-refractivity contribution is 4.83. The van der Waals surface area contributed by atoms with Crippen LogP contribution in [-0.2, 0) is 9.47 Å². The van der Waals surface area contributed by atoms with Gasteiger partial charge in [-0.15, -0.1) is 0 Å². The summed E-state index contributed by atoms with van der Waals surface area (Å²) in [5.41, 5.74) is 0.0264. The molecule has 3 nitrogen and oxygen atoms in total. The Morgan fingerprint density at radius 1 is 1.29 bits per heavy atom. The van der Waals surface area contributed by atoms with Crippen LogP contribution in [-0.4, -0.2) is 46.2 Å². The van der Waals surface area contributed by atoms with Crippen LogP contribution in [0, 0.1) is 5.41 Å². The van der Waals surface area contributed by atoms with Gasteiger partial charge < -0.3 is 14.8 Å². The van der Waals surface area contributed by atoms with Crippen molar-refractivity contribution in [2.24, 2.45) is 5.41 Å². The summed E-state index contributed by atoms with van der Waals surface area (Å²) in [6.45, 7) is 1.16. The lowest BCUT2D eigenvalue weighted by atomic mass is 9.77. The van der Waals surface area contributed by atoms with Crippen molar-refractivity contribution >= 4 is 0 Å². The Balaban J connectivity index is 2.29. The summed E-state index contributed by atoms with van der Waals surface area (Å²) in [4.78, 5) is 0. The second-order valence-corrected chi connectivity index (χ2v) is 4.56. The van der Waals surface area contributed by atoms with E-state index in [1.165, 1.54) is 0 Å². The van der Waals surface area contributed by atoms with E-state index < -0.39 is 12.8 Å². The van der Waals surface area contributed by atoms with E-state index in [4.69, 9.17) is 4.74 Å². The minimum Gasteiger partial charge on any atom is -0.381 e. The zero-order chi connectivity index (χ0) is 12.8. The predicted molar refractivity (Wildman–Crippen MR) is 57.9 cm³/mol. The van der Waals surface area contributed by atoms with E-state index in [1.54, 1.807) is 0 Å². The third-order valence-corrected chi connectivity index (χ3v) is 3.15. The summed E-state index contributed by atoms with van der Waals surface area (Å²) in [6, 6.07) is 0. The van der Waals surface area contributed by atoms with Gasteiger partial charge in [-0.05, 0) is 31.7 Å². The monoisotopic (exact) mass is 255 g/mol. The first-order valence-electron chi connectivity index (χ1n) is 5.84. The van der Waals surface area contributed by atoms with Crippen LogP contribution in [0.4, 0.5) is 13.2 Å². The van der Waals surface area contributed by atoms with Gasteiger partial charge in [-0.1, -0.05) is 0 Å². The highest BCUT2D eigenvalue weighted by Gasteiger charge is 2.32. The molecule has 1 N–H and O–H groups in total. The summed E-state index contributed by atoms with van der Waals surface area (Å²) in [7, 11) is 1.85. The van der Waals surface area contributed by atoms with Crippen molar-refractivity contribution in [2.45, 2.75) is 25.4 Å². The Bertz CT molecular complexity index is 210. The molecule has 0 spiro atoms. The molecular weight excluding hydrogens is 235 g/mol. The molecule has 6 heteroatoms. The summed E-state index contributed by atoms with van der Waals surface area (Å²) in [6.07, 6.45) is -1.83. The summed E-state index contributed by atoms with van der Waals surface area (Å²) in [5.74, 6) is 0. The number of halogens is 3.